The number of methoxy groups -OCH3 is 1. The normalized spacial score (nSPS) is 14.3. The number of nitrogens with zero attached hydrogens (tertiary/aromatic N) is 2. The summed E-state index contributed by atoms with van der Waals surface area (Å²) in [6.45, 7) is 8.00. The van der Waals surface area contributed by atoms with Gasteiger partial charge in [0, 0.05) is 12.7 Å². The van der Waals surface area contributed by atoms with Gasteiger partial charge in [-0.25, -0.2) is 4.79 Å². The molecule has 1 N–H and O–H groups in total. The largest absolute Gasteiger partial charge is 0.465 e. The van der Waals surface area contributed by atoms with E-state index in [1.165, 1.54) is 51.7 Å². The Bertz CT molecular complexity index is 497. The smallest absolute Gasteiger partial charge is 0.339 e. The highest BCUT2D eigenvalue weighted by Gasteiger charge is 2.11. The van der Waals surface area contributed by atoms with Crippen LogP contribution in [-0.4, -0.2) is 55.0 Å². The highest BCUT2D eigenvalue weighted by molar-refractivity contribution is 5.94. The molecule has 134 valence electrons. The lowest BCUT2D eigenvalue weighted by Crippen LogP contribution is -2.33. The van der Waals surface area contributed by atoms with Crippen molar-refractivity contribution in [3.8, 4) is 0 Å². The summed E-state index contributed by atoms with van der Waals surface area (Å²) in [7, 11) is 1.31. The molecule has 24 heavy (non-hydrogen) atoms. The standard InChI is InChI=1S/C16H23N3O3.C2H6/c1-22-16(21)13-6-7-14(18-12-13)15(20)17-8-5-11-19-9-3-2-4-10-19;1-2/h6-7,12H,2-5,8-11H2,1H3,(H,17,20);1-2H3. The van der Waals surface area contributed by atoms with Crippen molar-refractivity contribution in [3.05, 3.63) is 29.6 Å². The SMILES string of the molecule is CC.COC(=O)c1ccc(C(=O)NCCCN2CCCCC2)nc1. The molecule has 2 heterocycles. The first-order valence-electron chi connectivity index (χ1n) is 8.75. The van der Waals surface area contributed by atoms with Crippen LogP contribution >= 0.6 is 0 Å². The summed E-state index contributed by atoms with van der Waals surface area (Å²) in [5.74, 6) is -0.670. The fourth-order valence-electron chi connectivity index (χ4n) is 2.54. The molecule has 1 saturated heterocycles. The van der Waals surface area contributed by atoms with Gasteiger partial charge in [-0.3, -0.25) is 9.78 Å². The highest BCUT2D eigenvalue weighted by atomic mass is 16.5. The first kappa shape index (κ1) is 20.1. The first-order valence-corrected chi connectivity index (χ1v) is 8.75. The van der Waals surface area contributed by atoms with Crippen LogP contribution in [0.1, 0.15) is 60.4 Å². The van der Waals surface area contributed by atoms with Crippen LogP contribution in [0.2, 0.25) is 0 Å². The molecule has 1 fully saturated rings. The summed E-state index contributed by atoms with van der Waals surface area (Å²) in [4.78, 5) is 29.7. The minimum Gasteiger partial charge on any atom is -0.465 e. The third kappa shape index (κ3) is 6.66. The second-order valence-electron chi connectivity index (χ2n) is 5.44. The zero-order valence-electron chi connectivity index (χ0n) is 15.0. The predicted molar refractivity (Wildman–Crippen MR) is 94.2 cm³/mol. The Morgan fingerprint density at radius 1 is 1.21 bits per heavy atom. The number of esters is 1. The molecular weight excluding hydrogens is 306 g/mol. The van der Waals surface area contributed by atoms with Crippen LogP contribution in [0.4, 0.5) is 0 Å². The molecule has 1 aromatic rings. The quantitative estimate of drug-likeness (QED) is 0.639. The van der Waals surface area contributed by atoms with Crippen molar-refractivity contribution in [1.29, 1.82) is 0 Å². The molecule has 6 heteroatoms. The van der Waals surface area contributed by atoms with Crippen LogP contribution < -0.4 is 5.32 Å². The van der Waals surface area contributed by atoms with Gasteiger partial charge in [-0.2, -0.15) is 0 Å². The summed E-state index contributed by atoms with van der Waals surface area (Å²) >= 11 is 0. The summed E-state index contributed by atoms with van der Waals surface area (Å²) in [6.07, 6.45) is 6.19. The first-order chi connectivity index (χ1) is 11.7. The van der Waals surface area contributed by atoms with Crippen molar-refractivity contribution in [3.63, 3.8) is 0 Å². The van der Waals surface area contributed by atoms with Gasteiger partial charge in [0.25, 0.3) is 5.91 Å². The van der Waals surface area contributed by atoms with Gasteiger partial charge < -0.3 is 15.0 Å². The number of pyridine rings is 1. The molecule has 0 saturated carbocycles. The molecule has 1 aliphatic rings. The number of amides is 1. The van der Waals surface area contributed by atoms with Crippen LogP contribution in [0, 0.1) is 0 Å². The van der Waals surface area contributed by atoms with Crippen LogP contribution in [0.5, 0.6) is 0 Å². The lowest BCUT2D eigenvalue weighted by atomic mass is 10.1. The summed E-state index contributed by atoms with van der Waals surface area (Å²) in [5.41, 5.74) is 0.648. The van der Waals surface area contributed by atoms with E-state index in [0.29, 0.717) is 17.8 Å². The number of carbonyl (C=O) groups excluding carboxylic acids is 2. The number of aromatic nitrogens is 1. The van der Waals surface area contributed by atoms with Gasteiger partial charge in [-0.1, -0.05) is 20.3 Å². The van der Waals surface area contributed by atoms with Crippen LogP contribution in [-0.2, 0) is 4.74 Å². The van der Waals surface area contributed by atoms with E-state index in [2.05, 4.69) is 19.9 Å². The Morgan fingerprint density at radius 3 is 2.50 bits per heavy atom. The molecule has 1 aliphatic heterocycles. The molecule has 0 spiro atoms. The molecule has 6 nitrogen and oxygen atoms in total. The van der Waals surface area contributed by atoms with E-state index >= 15 is 0 Å². The zero-order chi connectivity index (χ0) is 17.8. The number of carbonyl (C=O) groups is 2. The average molecular weight is 335 g/mol. The maximum Gasteiger partial charge on any atom is 0.339 e. The Morgan fingerprint density at radius 2 is 1.92 bits per heavy atom. The molecule has 1 aromatic heterocycles. The highest BCUT2D eigenvalue weighted by Crippen LogP contribution is 2.08. The van der Waals surface area contributed by atoms with E-state index in [1.54, 1.807) is 6.07 Å². The monoisotopic (exact) mass is 335 g/mol. The maximum atomic E-state index is 11.9. The third-order valence-corrected chi connectivity index (χ3v) is 3.80. The minimum atomic E-state index is -0.457. The van der Waals surface area contributed by atoms with Crippen LogP contribution in [0.25, 0.3) is 0 Å². The van der Waals surface area contributed by atoms with Gasteiger partial charge in [0.05, 0.1) is 12.7 Å². The molecule has 1 amide bonds. The van der Waals surface area contributed by atoms with Crippen molar-refractivity contribution in [1.82, 2.24) is 15.2 Å². The molecule has 0 atom stereocenters. The van der Waals surface area contributed by atoms with Crippen molar-refractivity contribution < 1.29 is 14.3 Å². The van der Waals surface area contributed by atoms with Crippen molar-refractivity contribution >= 4 is 11.9 Å². The molecule has 2 rings (SSSR count). The molecular formula is C18H29N3O3. The number of hydrogen-bond donors (Lipinski definition) is 1. The molecule has 0 radical (unpaired) electrons. The number of hydrogen-bond acceptors (Lipinski definition) is 5. The Kier molecular flexibility index (Phi) is 9.68. The van der Waals surface area contributed by atoms with E-state index in [0.717, 1.165) is 13.0 Å². The number of nitrogens with one attached hydrogen (secondary N) is 1. The van der Waals surface area contributed by atoms with Gasteiger partial charge in [0.15, 0.2) is 0 Å². The fraction of sp³-hybridized carbons (Fsp3) is 0.611. The van der Waals surface area contributed by atoms with E-state index in [1.807, 2.05) is 13.8 Å². The summed E-state index contributed by atoms with van der Waals surface area (Å²) in [6, 6.07) is 3.08. The van der Waals surface area contributed by atoms with E-state index < -0.39 is 5.97 Å². The van der Waals surface area contributed by atoms with Crippen LogP contribution in [0.3, 0.4) is 0 Å². The van der Waals surface area contributed by atoms with Gasteiger partial charge in [0.2, 0.25) is 0 Å². The van der Waals surface area contributed by atoms with E-state index in [-0.39, 0.29) is 5.91 Å². The number of piperidine rings is 1. The summed E-state index contributed by atoms with van der Waals surface area (Å²) < 4.78 is 4.59. The van der Waals surface area contributed by atoms with Crippen molar-refractivity contribution in [2.75, 3.05) is 33.3 Å². The summed E-state index contributed by atoms with van der Waals surface area (Å²) in [5, 5.41) is 2.86. The molecule has 0 aliphatic carbocycles. The topological polar surface area (TPSA) is 71.5 Å². The minimum absolute atomic E-state index is 0.213. The van der Waals surface area contributed by atoms with Crippen LogP contribution in [0.15, 0.2) is 18.3 Å². The second-order valence-corrected chi connectivity index (χ2v) is 5.44. The Hall–Kier alpha value is -1.95. The van der Waals surface area contributed by atoms with E-state index in [9.17, 15) is 9.59 Å². The van der Waals surface area contributed by atoms with Crippen molar-refractivity contribution in [2.24, 2.45) is 0 Å². The van der Waals surface area contributed by atoms with Gasteiger partial charge in [0.1, 0.15) is 5.69 Å². The van der Waals surface area contributed by atoms with Gasteiger partial charge in [-0.05, 0) is 51.0 Å². The van der Waals surface area contributed by atoms with Crippen molar-refractivity contribution in [2.45, 2.75) is 39.5 Å². The number of likely N-dealkylation sites (tertiary alicyclic amines) is 1. The van der Waals surface area contributed by atoms with Gasteiger partial charge >= 0.3 is 5.97 Å². The lowest BCUT2D eigenvalue weighted by Gasteiger charge is -2.26. The number of ether oxygens (including phenoxy) is 1. The third-order valence-electron chi connectivity index (χ3n) is 3.80. The second kappa shape index (κ2) is 11.6. The Balaban J connectivity index is 0.00000139. The maximum absolute atomic E-state index is 11.9. The molecule has 0 bridgehead atoms. The van der Waals surface area contributed by atoms with Gasteiger partial charge in [-0.15, -0.1) is 0 Å². The van der Waals surface area contributed by atoms with E-state index in [4.69, 9.17) is 0 Å². The predicted octanol–water partition coefficient (Wildman–Crippen LogP) is 2.50. The molecule has 0 aromatic carbocycles. The average Bonchev–Trinajstić information content (AvgIpc) is 2.67. The Labute approximate surface area is 144 Å². The number of rotatable bonds is 6. The fourth-order valence-corrected chi connectivity index (χ4v) is 2.54. The lowest BCUT2D eigenvalue weighted by molar-refractivity contribution is 0.0599. The zero-order valence-corrected chi connectivity index (χ0v) is 15.0. The molecule has 0 unspecified atom stereocenters.